The Balaban J connectivity index is 3.16. The van der Waals surface area contributed by atoms with Gasteiger partial charge in [0.05, 0.1) is 21.4 Å². The van der Waals surface area contributed by atoms with Gasteiger partial charge in [0, 0.05) is 0 Å². The molecule has 1 aromatic carbocycles. The Hall–Kier alpha value is -0.830. The van der Waals surface area contributed by atoms with Crippen LogP contribution in [0.2, 0.25) is 5.02 Å². The zero-order valence-corrected chi connectivity index (χ0v) is 11.2. The van der Waals surface area contributed by atoms with E-state index in [9.17, 15) is 16.8 Å². The first-order chi connectivity index (χ1) is 7.65. The third-order valence-electron chi connectivity index (χ3n) is 1.91. The molecule has 0 aliphatic rings. The summed E-state index contributed by atoms with van der Waals surface area (Å²) in [5.74, 6) is -0.111. The highest BCUT2D eigenvalue weighted by Crippen LogP contribution is 2.25. The first-order valence-electron chi connectivity index (χ1n) is 4.48. The van der Waals surface area contributed by atoms with Crippen LogP contribution in [0.15, 0.2) is 23.1 Å². The number of anilines is 1. The van der Waals surface area contributed by atoms with Gasteiger partial charge in [-0.2, -0.15) is 0 Å². The Morgan fingerprint density at radius 3 is 2.29 bits per heavy atom. The Morgan fingerprint density at radius 1 is 1.29 bits per heavy atom. The van der Waals surface area contributed by atoms with Crippen LogP contribution in [0.3, 0.4) is 0 Å². The minimum absolute atomic E-state index is 0.0337. The fourth-order valence-corrected chi connectivity index (χ4v) is 2.54. The number of nitrogens with one attached hydrogen (secondary N) is 1. The number of nitrogens with two attached hydrogens (primary N) is 1. The monoisotopic (exact) mass is 298 g/mol. The van der Waals surface area contributed by atoms with Gasteiger partial charge >= 0.3 is 0 Å². The van der Waals surface area contributed by atoms with Gasteiger partial charge in [0.2, 0.25) is 20.0 Å². The Labute approximate surface area is 105 Å². The Kier molecular flexibility index (Phi) is 4.03. The molecular formula is C8H11ClN2O4S2. The average molecular weight is 299 g/mol. The van der Waals surface area contributed by atoms with Crippen molar-refractivity contribution in [3.05, 3.63) is 23.2 Å². The number of primary sulfonamides is 1. The number of sulfonamides is 2. The van der Waals surface area contributed by atoms with E-state index < -0.39 is 20.0 Å². The lowest BCUT2D eigenvalue weighted by Gasteiger charge is -2.08. The van der Waals surface area contributed by atoms with Crippen molar-refractivity contribution in [1.82, 2.24) is 0 Å². The molecule has 17 heavy (non-hydrogen) atoms. The molecule has 0 saturated heterocycles. The number of hydrogen-bond donors (Lipinski definition) is 2. The van der Waals surface area contributed by atoms with Crippen molar-refractivity contribution in [2.75, 3.05) is 10.5 Å². The normalized spacial score (nSPS) is 12.4. The first-order valence-corrected chi connectivity index (χ1v) is 8.06. The van der Waals surface area contributed by atoms with Crippen LogP contribution in [0.25, 0.3) is 0 Å². The molecule has 0 unspecified atom stereocenters. The van der Waals surface area contributed by atoms with E-state index in [0.717, 1.165) is 6.07 Å². The number of benzene rings is 1. The number of halogens is 1. The molecule has 1 rings (SSSR count). The van der Waals surface area contributed by atoms with Crippen LogP contribution in [0.1, 0.15) is 6.92 Å². The van der Waals surface area contributed by atoms with Crippen LogP contribution >= 0.6 is 11.6 Å². The molecular weight excluding hydrogens is 288 g/mol. The standard InChI is InChI=1S/C8H11ClN2O4S2/c1-2-16(12,13)11-8-4-3-6(5-7(8)9)17(10,14)15/h3-5,11H,2H2,1H3,(H2,10,14,15). The molecule has 0 saturated carbocycles. The zero-order chi connectivity index (χ0) is 13.3. The summed E-state index contributed by atoms with van der Waals surface area (Å²) in [4.78, 5) is -0.179. The Bertz CT molecular complexity index is 625. The SMILES string of the molecule is CCS(=O)(=O)Nc1ccc(S(N)(=O)=O)cc1Cl. The molecule has 0 radical (unpaired) electrons. The summed E-state index contributed by atoms with van der Waals surface area (Å²) in [5, 5.41) is 4.87. The molecule has 0 heterocycles. The van der Waals surface area contributed by atoms with Gasteiger partial charge in [-0.15, -0.1) is 0 Å². The molecule has 9 heteroatoms. The Morgan fingerprint density at radius 2 is 1.88 bits per heavy atom. The average Bonchev–Trinajstić information content (AvgIpc) is 2.19. The van der Waals surface area contributed by atoms with Gasteiger partial charge in [-0.25, -0.2) is 22.0 Å². The summed E-state index contributed by atoms with van der Waals surface area (Å²) in [6, 6.07) is 3.51. The molecule has 3 N–H and O–H groups in total. The van der Waals surface area contributed by atoms with E-state index in [1.54, 1.807) is 0 Å². The minimum Gasteiger partial charge on any atom is -0.282 e. The van der Waals surface area contributed by atoms with E-state index in [4.69, 9.17) is 16.7 Å². The summed E-state index contributed by atoms with van der Waals surface area (Å²) in [6.07, 6.45) is 0. The van der Waals surface area contributed by atoms with Crippen molar-refractivity contribution < 1.29 is 16.8 Å². The molecule has 0 aliphatic carbocycles. The van der Waals surface area contributed by atoms with Gasteiger partial charge < -0.3 is 0 Å². The van der Waals surface area contributed by atoms with E-state index in [-0.39, 0.29) is 21.4 Å². The van der Waals surface area contributed by atoms with Gasteiger partial charge in [0.15, 0.2) is 0 Å². The fourth-order valence-electron chi connectivity index (χ4n) is 0.995. The summed E-state index contributed by atoms with van der Waals surface area (Å²) >= 11 is 5.75. The van der Waals surface area contributed by atoms with Crippen LogP contribution in [-0.2, 0) is 20.0 Å². The fraction of sp³-hybridized carbons (Fsp3) is 0.250. The van der Waals surface area contributed by atoms with Crippen molar-refractivity contribution in [1.29, 1.82) is 0 Å². The van der Waals surface area contributed by atoms with E-state index in [2.05, 4.69) is 4.72 Å². The van der Waals surface area contributed by atoms with Gasteiger partial charge in [-0.1, -0.05) is 11.6 Å². The molecule has 1 aromatic rings. The largest absolute Gasteiger partial charge is 0.282 e. The van der Waals surface area contributed by atoms with Crippen LogP contribution in [0.5, 0.6) is 0 Å². The topological polar surface area (TPSA) is 106 Å². The molecule has 0 aromatic heterocycles. The van der Waals surface area contributed by atoms with E-state index in [1.807, 2.05) is 0 Å². The van der Waals surface area contributed by atoms with E-state index in [1.165, 1.54) is 19.1 Å². The minimum atomic E-state index is -3.85. The lowest BCUT2D eigenvalue weighted by atomic mass is 10.3. The van der Waals surface area contributed by atoms with E-state index >= 15 is 0 Å². The smallest absolute Gasteiger partial charge is 0.238 e. The number of rotatable bonds is 4. The molecule has 0 aliphatic heterocycles. The molecule has 0 spiro atoms. The highest BCUT2D eigenvalue weighted by Gasteiger charge is 2.13. The second-order valence-corrected chi connectivity index (χ2v) is 7.17. The van der Waals surface area contributed by atoms with Gasteiger partial charge in [0.25, 0.3) is 0 Å². The molecule has 96 valence electrons. The van der Waals surface area contributed by atoms with Crippen LogP contribution in [-0.4, -0.2) is 22.6 Å². The molecule has 0 fully saturated rings. The van der Waals surface area contributed by atoms with Crippen molar-refractivity contribution >= 4 is 37.3 Å². The highest BCUT2D eigenvalue weighted by atomic mass is 35.5. The third-order valence-corrected chi connectivity index (χ3v) is 4.43. The van der Waals surface area contributed by atoms with Gasteiger partial charge in [-0.05, 0) is 25.1 Å². The predicted octanol–water partition coefficient (Wildman–Crippen LogP) is 0.749. The summed E-state index contributed by atoms with van der Waals surface area (Å²) in [7, 11) is -7.31. The quantitative estimate of drug-likeness (QED) is 0.855. The predicted molar refractivity (Wildman–Crippen MR) is 65.9 cm³/mol. The van der Waals surface area contributed by atoms with Crippen LogP contribution in [0.4, 0.5) is 5.69 Å². The van der Waals surface area contributed by atoms with Gasteiger partial charge in [0.1, 0.15) is 0 Å². The number of hydrogen-bond acceptors (Lipinski definition) is 4. The maximum atomic E-state index is 11.3. The van der Waals surface area contributed by atoms with Crippen molar-refractivity contribution in [2.45, 2.75) is 11.8 Å². The van der Waals surface area contributed by atoms with E-state index in [0.29, 0.717) is 0 Å². The maximum absolute atomic E-state index is 11.3. The maximum Gasteiger partial charge on any atom is 0.238 e. The second kappa shape index (κ2) is 4.81. The van der Waals surface area contributed by atoms with Crippen LogP contribution in [0, 0.1) is 0 Å². The summed E-state index contributed by atoms with van der Waals surface area (Å²) in [6.45, 7) is 1.47. The van der Waals surface area contributed by atoms with Crippen LogP contribution < -0.4 is 9.86 Å². The highest BCUT2D eigenvalue weighted by molar-refractivity contribution is 7.92. The van der Waals surface area contributed by atoms with Crippen molar-refractivity contribution in [3.63, 3.8) is 0 Å². The summed E-state index contributed by atoms with van der Waals surface area (Å²) < 4.78 is 46.8. The first kappa shape index (κ1) is 14.2. The third kappa shape index (κ3) is 3.84. The second-order valence-electron chi connectivity index (χ2n) is 3.19. The lowest BCUT2D eigenvalue weighted by Crippen LogP contribution is -2.16. The molecule has 6 nitrogen and oxygen atoms in total. The lowest BCUT2D eigenvalue weighted by molar-refractivity contribution is 0.597. The zero-order valence-electron chi connectivity index (χ0n) is 8.84. The molecule has 0 amide bonds. The van der Waals surface area contributed by atoms with Crippen molar-refractivity contribution in [2.24, 2.45) is 5.14 Å². The van der Waals surface area contributed by atoms with Crippen molar-refractivity contribution in [3.8, 4) is 0 Å². The summed E-state index contributed by atoms with van der Waals surface area (Å²) in [5.41, 5.74) is 0.112. The van der Waals surface area contributed by atoms with Gasteiger partial charge in [-0.3, -0.25) is 4.72 Å². The molecule has 0 bridgehead atoms. The molecule has 0 atom stereocenters.